The monoisotopic (exact) mass is 349 g/mol. The van der Waals surface area contributed by atoms with E-state index in [1.165, 1.54) is 32.1 Å². The number of aromatic amines is 1. The first-order valence-corrected chi connectivity index (χ1v) is 5.89. The van der Waals surface area contributed by atoms with Crippen molar-refractivity contribution in [3.8, 4) is 0 Å². The summed E-state index contributed by atoms with van der Waals surface area (Å²) >= 11 is 0. The normalized spacial score (nSPS) is 17.5. The van der Waals surface area contributed by atoms with Gasteiger partial charge in [-0.1, -0.05) is 19.3 Å². The van der Waals surface area contributed by atoms with Crippen LogP contribution < -0.4 is 11.1 Å². The second kappa shape index (κ2) is 7.52. The summed E-state index contributed by atoms with van der Waals surface area (Å²) in [5, 5.41) is 9.99. The molecule has 0 bridgehead atoms. The number of aliphatic imine (C=N–C) groups is 1. The fourth-order valence-corrected chi connectivity index (χ4v) is 2.04. The van der Waals surface area contributed by atoms with Crippen molar-refractivity contribution in [2.45, 2.75) is 44.7 Å². The highest BCUT2D eigenvalue weighted by Crippen LogP contribution is 2.16. The Balaban J connectivity index is 0.00000144. The van der Waals surface area contributed by atoms with E-state index in [0.717, 1.165) is 5.69 Å². The summed E-state index contributed by atoms with van der Waals surface area (Å²) in [4.78, 5) is 4.27. The summed E-state index contributed by atoms with van der Waals surface area (Å²) < 4.78 is 0. The molecule has 0 saturated heterocycles. The SMILES string of the molecule is I.NC(=NCc1ccn[nH]1)NC1CCCCC1. The number of hydrogen-bond acceptors (Lipinski definition) is 2. The first kappa shape index (κ1) is 14.3. The molecule has 4 N–H and O–H groups in total. The van der Waals surface area contributed by atoms with E-state index in [4.69, 9.17) is 5.73 Å². The molecule has 1 aromatic heterocycles. The van der Waals surface area contributed by atoms with E-state index in [2.05, 4.69) is 20.5 Å². The highest BCUT2D eigenvalue weighted by atomic mass is 127. The Bertz CT molecular complexity index is 330. The van der Waals surface area contributed by atoms with E-state index in [0.29, 0.717) is 18.5 Å². The van der Waals surface area contributed by atoms with Crippen LogP contribution in [0.3, 0.4) is 0 Å². The number of nitrogens with zero attached hydrogens (tertiary/aromatic N) is 2. The van der Waals surface area contributed by atoms with E-state index in [-0.39, 0.29) is 24.0 Å². The molecule has 17 heavy (non-hydrogen) atoms. The zero-order chi connectivity index (χ0) is 11.2. The standard InChI is InChI=1S/C11H19N5.HI/c12-11(13-8-10-6-7-14-16-10)15-9-4-2-1-3-5-9;/h6-7,9H,1-5,8H2,(H,14,16)(H3,12,13,15);1H. The van der Waals surface area contributed by atoms with Crippen LogP contribution in [0, 0.1) is 0 Å². The Morgan fingerprint density at radius 1 is 1.47 bits per heavy atom. The summed E-state index contributed by atoms with van der Waals surface area (Å²) in [6, 6.07) is 2.41. The molecule has 1 aliphatic rings. The van der Waals surface area contributed by atoms with Gasteiger partial charge in [-0.05, 0) is 18.9 Å². The highest BCUT2D eigenvalue weighted by molar-refractivity contribution is 14.0. The van der Waals surface area contributed by atoms with Crippen molar-refractivity contribution >= 4 is 29.9 Å². The zero-order valence-electron chi connectivity index (χ0n) is 9.85. The van der Waals surface area contributed by atoms with E-state index < -0.39 is 0 Å². The van der Waals surface area contributed by atoms with Crippen molar-refractivity contribution in [1.29, 1.82) is 0 Å². The Morgan fingerprint density at radius 2 is 2.24 bits per heavy atom. The van der Waals surface area contributed by atoms with Crippen molar-refractivity contribution < 1.29 is 0 Å². The third-order valence-corrected chi connectivity index (χ3v) is 2.94. The molecule has 0 atom stereocenters. The van der Waals surface area contributed by atoms with Gasteiger partial charge in [0.15, 0.2) is 5.96 Å². The summed E-state index contributed by atoms with van der Waals surface area (Å²) in [7, 11) is 0. The number of aromatic nitrogens is 2. The smallest absolute Gasteiger partial charge is 0.189 e. The number of rotatable bonds is 3. The lowest BCUT2D eigenvalue weighted by Crippen LogP contribution is -2.41. The third kappa shape index (κ3) is 4.93. The lowest BCUT2D eigenvalue weighted by molar-refractivity contribution is 0.412. The van der Waals surface area contributed by atoms with Crippen LogP contribution in [0.2, 0.25) is 0 Å². The molecule has 1 aliphatic carbocycles. The van der Waals surface area contributed by atoms with Crippen molar-refractivity contribution in [3.63, 3.8) is 0 Å². The molecule has 0 radical (unpaired) electrons. The Hall–Kier alpha value is -0.790. The second-order valence-corrected chi connectivity index (χ2v) is 4.26. The van der Waals surface area contributed by atoms with Crippen molar-refractivity contribution in [2.24, 2.45) is 10.7 Å². The van der Waals surface area contributed by atoms with Crippen LogP contribution in [0.4, 0.5) is 0 Å². The van der Waals surface area contributed by atoms with Crippen LogP contribution in [-0.4, -0.2) is 22.2 Å². The number of H-pyrrole nitrogens is 1. The molecule has 1 saturated carbocycles. The van der Waals surface area contributed by atoms with E-state index in [1.807, 2.05) is 6.07 Å². The molecule has 6 heteroatoms. The molecule has 2 rings (SSSR count). The molecule has 1 fully saturated rings. The molecule has 96 valence electrons. The average molecular weight is 349 g/mol. The molecule has 1 heterocycles. The molecule has 1 aromatic rings. The van der Waals surface area contributed by atoms with Crippen LogP contribution in [0.5, 0.6) is 0 Å². The minimum atomic E-state index is 0. The topological polar surface area (TPSA) is 79.1 Å². The highest BCUT2D eigenvalue weighted by Gasteiger charge is 2.13. The molecular formula is C11H20IN5. The zero-order valence-corrected chi connectivity index (χ0v) is 12.2. The van der Waals surface area contributed by atoms with Gasteiger partial charge in [0.25, 0.3) is 0 Å². The van der Waals surface area contributed by atoms with Gasteiger partial charge in [-0.15, -0.1) is 24.0 Å². The van der Waals surface area contributed by atoms with Gasteiger partial charge in [0, 0.05) is 12.2 Å². The first-order valence-electron chi connectivity index (χ1n) is 5.89. The maximum absolute atomic E-state index is 5.83. The summed E-state index contributed by atoms with van der Waals surface area (Å²) in [6.07, 6.45) is 8.08. The number of hydrogen-bond donors (Lipinski definition) is 3. The maximum Gasteiger partial charge on any atom is 0.189 e. The summed E-state index contributed by atoms with van der Waals surface area (Å²) in [6.45, 7) is 0.561. The lowest BCUT2D eigenvalue weighted by Gasteiger charge is -2.23. The molecular weight excluding hydrogens is 329 g/mol. The Morgan fingerprint density at radius 3 is 2.88 bits per heavy atom. The molecule has 5 nitrogen and oxygen atoms in total. The maximum atomic E-state index is 5.83. The number of guanidine groups is 1. The Labute approximate surface area is 119 Å². The van der Waals surface area contributed by atoms with E-state index >= 15 is 0 Å². The largest absolute Gasteiger partial charge is 0.370 e. The Kier molecular flexibility index (Phi) is 6.31. The molecule has 0 aliphatic heterocycles. The van der Waals surface area contributed by atoms with Gasteiger partial charge in [0.1, 0.15) is 0 Å². The first-order chi connectivity index (χ1) is 7.84. The minimum Gasteiger partial charge on any atom is -0.370 e. The van der Waals surface area contributed by atoms with Gasteiger partial charge in [-0.3, -0.25) is 5.10 Å². The van der Waals surface area contributed by atoms with Gasteiger partial charge in [0.05, 0.1) is 12.2 Å². The predicted molar refractivity (Wildman–Crippen MR) is 79.3 cm³/mol. The fourth-order valence-electron chi connectivity index (χ4n) is 2.04. The lowest BCUT2D eigenvalue weighted by atomic mass is 9.96. The molecule has 0 amide bonds. The number of halogens is 1. The van der Waals surface area contributed by atoms with Crippen molar-refractivity contribution in [1.82, 2.24) is 15.5 Å². The molecule has 0 spiro atoms. The van der Waals surface area contributed by atoms with Gasteiger partial charge in [-0.2, -0.15) is 5.10 Å². The quantitative estimate of drug-likeness (QED) is 0.442. The van der Waals surface area contributed by atoms with Crippen molar-refractivity contribution in [2.75, 3.05) is 0 Å². The van der Waals surface area contributed by atoms with Crippen LogP contribution in [0.1, 0.15) is 37.8 Å². The van der Waals surface area contributed by atoms with Crippen molar-refractivity contribution in [3.05, 3.63) is 18.0 Å². The number of nitrogens with two attached hydrogens (primary N) is 1. The van der Waals surface area contributed by atoms with Gasteiger partial charge >= 0.3 is 0 Å². The van der Waals surface area contributed by atoms with Crippen LogP contribution in [0.15, 0.2) is 17.3 Å². The second-order valence-electron chi connectivity index (χ2n) is 4.26. The van der Waals surface area contributed by atoms with E-state index in [9.17, 15) is 0 Å². The average Bonchev–Trinajstić information content (AvgIpc) is 2.81. The van der Waals surface area contributed by atoms with Gasteiger partial charge < -0.3 is 11.1 Å². The van der Waals surface area contributed by atoms with Gasteiger partial charge in [0.2, 0.25) is 0 Å². The van der Waals surface area contributed by atoms with Crippen LogP contribution >= 0.6 is 24.0 Å². The van der Waals surface area contributed by atoms with Crippen LogP contribution in [-0.2, 0) is 6.54 Å². The third-order valence-electron chi connectivity index (χ3n) is 2.94. The minimum absolute atomic E-state index is 0. The number of nitrogens with one attached hydrogen (secondary N) is 2. The van der Waals surface area contributed by atoms with Crippen LogP contribution in [0.25, 0.3) is 0 Å². The van der Waals surface area contributed by atoms with Gasteiger partial charge in [-0.25, -0.2) is 4.99 Å². The molecule has 0 unspecified atom stereocenters. The van der Waals surface area contributed by atoms with E-state index in [1.54, 1.807) is 6.20 Å². The fraction of sp³-hybridized carbons (Fsp3) is 0.636. The molecule has 0 aromatic carbocycles. The summed E-state index contributed by atoms with van der Waals surface area (Å²) in [5.74, 6) is 0.543. The predicted octanol–water partition coefficient (Wildman–Crippen LogP) is 1.76. The summed E-state index contributed by atoms with van der Waals surface area (Å²) in [5.41, 5.74) is 6.81.